The number of methoxy groups -OCH3 is 1. The predicted molar refractivity (Wildman–Crippen MR) is 122 cm³/mol. The maximum Gasteiger partial charge on any atom is 0.232 e. The summed E-state index contributed by atoms with van der Waals surface area (Å²) in [5.74, 6) is 3.21. The Morgan fingerprint density at radius 2 is 2.03 bits per heavy atom. The fraction of sp³-hybridized carbons (Fsp3) is 0.250. The number of anilines is 3. The van der Waals surface area contributed by atoms with Crippen LogP contribution in [-0.4, -0.2) is 36.8 Å². The van der Waals surface area contributed by atoms with Crippen LogP contribution in [0.25, 0.3) is 10.7 Å². The van der Waals surface area contributed by atoms with Gasteiger partial charge in [0.25, 0.3) is 0 Å². The number of nitrogens with zero attached hydrogens (tertiary/aromatic N) is 6. The number of thiophene rings is 1. The molecule has 0 radical (unpaired) electrons. The van der Waals surface area contributed by atoms with Gasteiger partial charge in [-0.2, -0.15) is 15.0 Å². The lowest BCUT2D eigenvalue weighted by Gasteiger charge is -2.11. The van der Waals surface area contributed by atoms with Crippen LogP contribution >= 0.6 is 23.1 Å². The molecule has 1 aliphatic carbocycles. The molecule has 0 aliphatic heterocycles. The first-order valence-corrected chi connectivity index (χ1v) is 11.6. The molecule has 0 spiro atoms. The highest BCUT2D eigenvalue weighted by molar-refractivity contribution is 7.98. The molecule has 3 N–H and O–H groups in total. The van der Waals surface area contributed by atoms with E-state index in [1.807, 2.05) is 30.3 Å². The van der Waals surface area contributed by atoms with E-state index in [2.05, 4.69) is 46.5 Å². The summed E-state index contributed by atoms with van der Waals surface area (Å²) < 4.78 is 7.60. The highest BCUT2D eigenvalue weighted by Crippen LogP contribution is 2.42. The summed E-state index contributed by atoms with van der Waals surface area (Å²) in [7, 11) is 1.62. The van der Waals surface area contributed by atoms with E-state index in [9.17, 15) is 0 Å². The maximum absolute atomic E-state index is 5.93. The molecule has 1 aromatic carbocycles. The molecule has 158 valence electrons. The number of ether oxygens (including phenoxy) is 1. The van der Waals surface area contributed by atoms with Gasteiger partial charge in [-0.15, -0.1) is 21.5 Å². The number of nitrogens with two attached hydrogens (primary N) is 1. The van der Waals surface area contributed by atoms with Crippen molar-refractivity contribution in [3.05, 3.63) is 47.6 Å². The molecule has 11 heteroatoms. The average Bonchev–Trinajstić information content (AvgIpc) is 3.29. The highest BCUT2D eigenvalue weighted by atomic mass is 32.2. The molecular weight excluding hydrogens is 432 g/mol. The maximum atomic E-state index is 5.93. The van der Waals surface area contributed by atoms with Gasteiger partial charge in [0.05, 0.1) is 23.4 Å². The Hall–Kier alpha value is -3.18. The summed E-state index contributed by atoms with van der Waals surface area (Å²) in [4.78, 5) is 14.1. The molecule has 0 saturated heterocycles. The average molecular weight is 453 g/mol. The van der Waals surface area contributed by atoms with Crippen molar-refractivity contribution in [1.29, 1.82) is 0 Å². The quantitative estimate of drug-likeness (QED) is 0.380. The predicted octanol–water partition coefficient (Wildman–Crippen LogP) is 4.15. The lowest BCUT2D eigenvalue weighted by Crippen LogP contribution is -2.07. The molecule has 1 aliphatic rings. The Morgan fingerprint density at radius 1 is 1.16 bits per heavy atom. The smallest absolute Gasteiger partial charge is 0.232 e. The first-order chi connectivity index (χ1) is 15.2. The first-order valence-electron chi connectivity index (χ1n) is 9.73. The molecule has 1 saturated carbocycles. The van der Waals surface area contributed by atoms with Crippen LogP contribution in [0.3, 0.4) is 0 Å². The Labute approximate surface area is 187 Å². The number of hydrogen-bond donors (Lipinski definition) is 2. The summed E-state index contributed by atoms with van der Waals surface area (Å²) in [6.45, 7) is 0. The summed E-state index contributed by atoms with van der Waals surface area (Å²) in [5, 5.41) is 14.9. The van der Waals surface area contributed by atoms with E-state index in [-0.39, 0.29) is 5.95 Å². The molecule has 5 rings (SSSR count). The molecule has 0 bridgehead atoms. The minimum Gasteiger partial charge on any atom is -0.495 e. The first kappa shape index (κ1) is 19.8. The van der Waals surface area contributed by atoms with Crippen molar-refractivity contribution in [2.45, 2.75) is 29.8 Å². The van der Waals surface area contributed by atoms with Crippen molar-refractivity contribution in [1.82, 2.24) is 29.7 Å². The van der Waals surface area contributed by atoms with Crippen LogP contribution in [0.5, 0.6) is 5.75 Å². The van der Waals surface area contributed by atoms with Crippen molar-refractivity contribution in [2.24, 2.45) is 0 Å². The van der Waals surface area contributed by atoms with Gasteiger partial charge in [-0.1, -0.05) is 30.0 Å². The molecular formula is C20H20N8OS2. The summed E-state index contributed by atoms with van der Waals surface area (Å²) >= 11 is 3.22. The minimum absolute atomic E-state index is 0.158. The number of nitrogen functional groups attached to an aromatic ring is 1. The Bertz CT molecular complexity index is 1190. The van der Waals surface area contributed by atoms with Crippen LogP contribution in [0, 0.1) is 0 Å². The van der Waals surface area contributed by atoms with Gasteiger partial charge in [-0.25, -0.2) is 0 Å². The van der Waals surface area contributed by atoms with Crippen LogP contribution in [0.2, 0.25) is 0 Å². The van der Waals surface area contributed by atoms with E-state index in [0.717, 1.165) is 34.4 Å². The van der Waals surface area contributed by atoms with E-state index in [1.165, 1.54) is 0 Å². The second-order valence-corrected chi connectivity index (χ2v) is 8.82. The second kappa shape index (κ2) is 8.52. The van der Waals surface area contributed by atoms with Crippen molar-refractivity contribution in [3.8, 4) is 16.5 Å². The van der Waals surface area contributed by atoms with Crippen LogP contribution in [0.15, 0.2) is 46.9 Å². The van der Waals surface area contributed by atoms with Gasteiger partial charge in [0.2, 0.25) is 11.9 Å². The Balaban J connectivity index is 1.36. The molecule has 1 fully saturated rings. The second-order valence-electron chi connectivity index (χ2n) is 6.93. The van der Waals surface area contributed by atoms with E-state index < -0.39 is 0 Å². The largest absolute Gasteiger partial charge is 0.495 e. The van der Waals surface area contributed by atoms with E-state index in [0.29, 0.717) is 29.3 Å². The zero-order chi connectivity index (χ0) is 21.2. The molecule has 3 aromatic heterocycles. The number of hydrogen-bond acceptors (Lipinski definition) is 10. The summed E-state index contributed by atoms with van der Waals surface area (Å²) in [6.07, 6.45) is 2.30. The zero-order valence-electron chi connectivity index (χ0n) is 16.7. The van der Waals surface area contributed by atoms with Crippen molar-refractivity contribution >= 4 is 40.7 Å². The van der Waals surface area contributed by atoms with E-state index in [1.54, 1.807) is 30.2 Å². The van der Waals surface area contributed by atoms with Crippen LogP contribution < -0.4 is 15.8 Å². The third-order valence-corrected chi connectivity index (χ3v) is 6.51. The fourth-order valence-electron chi connectivity index (χ4n) is 3.17. The number of benzene rings is 1. The monoisotopic (exact) mass is 452 g/mol. The molecule has 31 heavy (non-hydrogen) atoms. The van der Waals surface area contributed by atoms with Gasteiger partial charge < -0.3 is 15.8 Å². The lowest BCUT2D eigenvalue weighted by atomic mass is 10.3. The van der Waals surface area contributed by atoms with Gasteiger partial charge in [0.15, 0.2) is 11.0 Å². The van der Waals surface area contributed by atoms with Gasteiger partial charge in [0.1, 0.15) is 11.6 Å². The lowest BCUT2D eigenvalue weighted by molar-refractivity contribution is 0.417. The highest BCUT2D eigenvalue weighted by Gasteiger charge is 2.30. The van der Waals surface area contributed by atoms with Gasteiger partial charge in [-0.3, -0.25) is 4.57 Å². The topological polar surface area (TPSA) is 117 Å². The van der Waals surface area contributed by atoms with Crippen LogP contribution in [0.4, 0.5) is 17.6 Å². The molecule has 0 amide bonds. The normalized spacial score (nSPS) is 13.3. The number of aromatic nitrogens is 6. The van der Waals surface area contributed by atoms with Crippen molar-refractivity contribution in [2.75, 3.05) is 18.2 Å². The Morgan fingerprint density at radius 3 is 2.81 bits per heavy atom. The zero-order valence-corrected chi connectivity index (χ0v) is 18.4. The molecule has 0 unspecified atom stereocenters. The third-order valence-electron chi connectivity index (χ3n) is 4.70. The SMILES string of the molecule is COc1ccccc1Nc1nc(N)nc(CSc2nnc(-c3cccs3)n2C2CC2)n1. The molecule has 0 atom stereocenters. The Kier molecular flexibility index (Phi) is 5.43. The van der Waals surface area contributed by atoms with Crippen LogP contribution in [-0.2, 0) is 5.75 Å². The van der Waals surface area contributed by atoms with Crippen molar-refractivity contribution < 1.29 is 4.74 Å². The van der Waals surface area contributed by atoms with E-state index >= 15 is 0 Å². The molecule has 3 heterocycles. The molecule has 9 nitrogen and oxygen atoms in total. The van der Waals surface area contributed by atoms with Gasteiger partial charge in [0, 0.05) is 6.04 Å². The van der Waals surface area contributed by atoms with Gasteiger partial charge in [-0.05, 0) is 36.4 Å². The minimum atomic E-state index is 0.158. The fourth-order valence-corrected chi connectivity index (χ4v) is 4.73. The van der Waals surface area contributed by atoms with Crippen LogP contribution in [0.1, 0.15) is 24.7 Å². The number of para-hydroxylation sites is 2. The number of rotatable bonds is 8. The summed E-state index contributed by atoms with van der Waals surface area (Å²) in [6, 6.07) is 12.1. The standard InChI is InChI=1S/C20H20N8OS2/c1-29-14-6-3-2-5-13(14)22-19-24-16(23-18(21)25-19)11-31-20-27-26-17(15-7-4-10-30-15)28(20)12-8-9-12/h2-7,10,12H,8-9,11H2,1H3,(H3,21,22,23,24,25). The number of thioether (sulfide) groups is 1. The van der Waals surface area contributed by atoms with Crippen molar-refractivity contribution in [3.63, 3.8) is 0 Å². The van der Waals surface area contributed by atoms with E-state index in [4.69, 9.17) is 10.5 Å². The summed E-state index contributed by atoms with van der Waals surface area (Å²) in [5.41, 5.74) is 6.69. The molecule has 4 aromatic rings. The third kappa shape index (κ3) is 4.32. The van der Waals surface area contributed by atoms with Gasteiger partial charge >= 0.3 is 0 Å². The number of nitrogens with one attached hydrogen (secondary N) is 1.